The molecule has 2 aromatic heterocycles. The highest BCUT2D eigenvalue weighted by Gasteiger charge is 2.20. The number of halogens is 1. The van der Waals surface area contributed by atoms with Crippen LogP contribution in [-0.2, 0) is 18.8 Å². The molecule has 2 rings (SSSR count). The van der Waals surface area contributed by atoms with Gasteiger partial charge in [0.1, 0.15) is 5.60 Å². The Hall–Kier alpha value is -2.31. The van der Waals surface area contributed by atoms with Gasteiger partial charge in [-0.1, -0.05) is 0 Å². The van der Waals surface area contributed by atoms with Crippen molar-refractivity contribution in [1.82, 2.24) is 9.13 Å². The molecule has 0 aliphatic rings. The van der Waals surface area contributed by atoms with Gasteiger partial charge in [-0.15, -0.1) is 0 Å². The molecule has 7 heteroatoms. The summed E-state index contributed by atoms with van der Waals surface area (Å²) in [6.07, 6.45) is 1.90. The average Bonchev–Trinajstić information content (AvgIpc) is 2.60. The van der Waals surface area contributed by atoms with Gasteiger partial charge in [-0.2, -0.15) is 0 Å². The van der Waals surface area contributed by atoms with E-state index < -0.39 is 23.1 Å². The van der Waals surface area contributed by atoms with Gasteiger partial charge < -0.3 is 13.9 Å². The fourth-order valence-electron chi connectivity index (χ4n) is 2.11. The molecule has 2 heterocycles. The zero-order valence-corrected chi connectivity index (χ0v) is 12.7. The number of carbonyl (C=O) groups excluding carboxylic acids is 1. The fraction of sp³-hybridized carbons (Fsp3) is 0.429. The maximum atomic E-state index is 14.0. The number of aromatic nitrogens is 2. The van der Waals surface area contributed by atoms with E-state index in [2.05, 4.69) is 5.32 Å². The number of fused-ring (bicyclic) bond motifs is 1. The van der Waals surface area contributed by atoms with Crippen LogP contribution in [0.2, 0.25) is 0 Å². The molecule has 0 saturated carbocycles. The van der Waals surface area contributed by atoms with Crippen molar-refractivity contribution in [2.45, 2.75) is 26.4 Å². The Bertz CT molecular complexity index is 768. The van der Waals surface area contributed by atoms with E-state index in [1.165, 1.54) is 17.8 Å². The number of nitrogens with one attached hydrogen (secondary N) is 1. The van der Waals surface area contributed by atoms with Crippen LogP contribution in [0.4, 0.5) is 14.9 Å². The van der Waals surface area contributed by atoms with E-state index in [4.69, 9.17) is 4.74 Å². The predicted octanol–water partition coefficient (Wildman–Crippen LogP) is 2.36. The summed E-state index contributed by atoms with van der Waals surface area (Å²) >= 11 is 0. The first-order valence-corrected chi connectivity index (χ1v) is 6.44. The molecule has 0 aliphatic carbocycles. The summed E-state index contributed by atoms with van der Waals surface area (Å²) in [7, 11) is 3.06. The molecule has 0 unspecified atom stereocenters. The fourth-order valence-corrected chi connectivity index (χ4v) is 2.11. The third kappa shape index (κ3) is 2.91. The Balaban J connectivity index is 2.51. The Labute approximate surface area is 121 Å². The molecule has 0 bridgehead atoms. The molecule has 0 atom stereocenters. The van der Waals surface area contributed by atoms with Crippen molar-refractivity contribution in [3.63, 3.8) is 0 Å². The Kier molecular flexibility index (Phi) is 3.52. The van der Waals surface area contributed by atoms with E-state index in [1.807, 2.05) is 0 Å². The van der Waals surface area contributed by atoms with Gasteiger partial charge in [0.25, 0.3) is 5.56 Å². The smallest absolute Gasteiger partial charge is 0.412 e. The molecular weight excluding hydrogens is 277 g/mol. The van der Waals surface area contributed by atoms with Crippen LogP contribution in [0.25, 0.3) is 10.9 Å². The third-order valence-electron chi connectivity index (χ3n) is 2.88. The highest BCUT2D eigenvalue weighted by atomic mass is 19.1. The van der Waals surface area contributed by atoms with E-state index >= 15 is 0 Å². The van der Waals surface area contributed by atoms with Crippen LogP contribution in [0.15, 0.2) is 17.2 Å². The van der Waals surface area contributed by atoms with E-state index in [-0.39, 0.29) is 16.6 Å². The third-order valence-corrected chi connectivity index (χ3v) is 2.88. The van der Waals surface area contributed by atoms with Gasteiger partial charge in [0.05, 0.1) is 16.6 Å². The molecule has 0 radical (unpaired) electrons. The van der Waals surface area contributed by atoms with Crippen LogP contribution < -0.4 is 10.9 Å². The number of pyridine rings is 1. The molecule has 6 nitrogen and oxygen atoms in total. The highest BCUT2D eigenvalue weighted by molar-refractivity contribution is 5.99. The highest BCUT2D eigenvalue weighted by Crippen LogP contribution is 2.24. The number of anilines is 1. The molecule has 0 fully saturated rings. The molecule has 0 aliphatic heterocycles. The van der Waals surface area contributed by atoms with Gasteiger partial charge >= 0.3 is 6.09 Å². The van der Waals surface area contributed by atoms with Crippen molar-refractivity contribution >= 4 is 22.7 Å². The van der Waals surface area contributed by atoms with Crippen LogP contribution >= 0.6 is 0 Å². The zero-order chi connectivity index (χ0) is 15.9. The van der Waals surface area contributed by atoms with Crippen LogP contribution in [0, 0.1) is 5.82 Å². The predicted molar refractivity (Wildman–Crippen MR) is 78.0 cm³/mol. The van der Waals surface area contributed by atoms with Gasteiger partial charge in [-0.05, 0) is 20.8 Å². The van der Waals surface area contributed by atoms with E-state index in [0.29, 0.717) is 0 Å². The van der Waals surface area contributed by atoms with E-state index in [9.17, 15) is 14.0 Å². The summed E-state index contributed by atoms with van der Waals surface area (Å²) in [5, 5.41) is 2.61. The largest absolute Gasteiger partial charge is 0.444 e. The van der Waals surface area contributed by atoms with Gasteiger partial charge in [-0.25, -0.2) is 9.18 Å². The second kappa shape index (κ2) is 4.91. The topological polar surface area (TPSA) is 65.3 Å². The minimum Gasteiger partial charge on any atom is -0.444 e. The number of hydrogen-bond acceptors (Lipinski definition) is 3. The second-order valence-corrected chi connectivity index (χ2v) is 5.90. The molecule has 0 saturated heterocycles. The summed E-state index contributed by atoms with van der Waals surface area (Å²) in [5.74, 6) is -0.535. The maximum absolute atomic E-state index is 14.0. The minimum atomic E-state index is -0.693. The number of carbonyl (C=O) groups is 1. The molecule has 0 spiro atoms. The van der Waals surface area contributed by atoms with Crippen molar-refractivity contribution in [3.8, 4) is 0 Å². The number of ether oxygens (including phenoxy) is 1. The summed E-state index contributed by atoms with van der Waals surface area (Å²) in [5.41, 5.74) is -0.686. The average molecular weight is 295 g/mol. The first-order valence-electron chi connectivity index (χ1n) is 6.44. The van der Waals surface area contributed by atoms with Crippen LogP contribution in [0.1, 0.15) is 20.8 Å². The lowest BCUT2D eigenvalue weighted by molar-refractivity contribution is 0.0636. The molecule has 114 valence electrons. The van der Waals surface area contributed by atoms with Crippen LogP contribution in [0.3, 0.4) is 0 Å². The van der Waals surface area contributed by atoms with Gasteiger partial charge in [0.2, 0.25) is 0 Å². The number of hydrogen-bond donors (Lipinski definition) is 1. The minimum absolute atomic E-state index is 0.117. The SMILES string of the molecule is Cn1cc(F)c2c(c(NC(=O)OC(C)(C)C)cn2C)c1=O. The Morgan fingerprint density at radius 3 is 2.43 bits per heavy atom. The molecule has 1 amide bonds. The monoisotopic (exact) mass is 295 g/mol. The molecule has 2 aromatic rings. The number of aryl methyl sites for hydroxylation is 2. The van der Waals surface area contributed by atoms with Gasteiger partial charge in [-0.3, -0.25) is 10.1 Å². The van der Waals surface area contributed by atoms with Crippen molar-refractivity contribution < 1.29 is 13.9 Å². The van der Waals surface area contributed by atoms with E-state index in [0.717, 1.165) is 10.8 Å². The summed E-state index contributed by atoms with van der Waals surface area (Å²) < 4.78 is 21.7. The van der Waals surface area contributed by atoms with Crippen molar-refractivity contribution in [1.29, 1.82) is 0 Å². The summed E-state index contributed by atoms with van der Waals surface area (Å²) in [6, 6.07) is 0. The van der Waals surface area contributed by atoms with Crippen LogP contribution in [-0.4, -0.2) is 20.8 Å². The first kappa shape index (κ1) is 15.1. The number of rotatable bonds is 1. The van der Waals surface area contributed by atoms with Crippen molar-refractivity contribution in [3.05, 3.63) is 28.6 Å². The summed E-state index contributed by atoms with van der Waals surface area (Å²) in [4.78, 5) is 24.0. The lowest BCUT2D eigenvalue weighted by atomic mass is 10.2. The quantitative estimate of drug-likeness (QED) is 0.878. The molecule has 1 N–H and O–H groups in total. The Morgan fingerprint density at radius 2 is 1.86 bits per heavy atom. The zero-order valence-electron chi connectivity index (χ0n) is 12.7. The van der Waals surface area contributed by atoms with Crippen LogP contribution in [0.5, 0.6) is 0 Å². The lowest BCUT2D eigenvalue weighted by Crippen LogP contribution is -2.27. The van der Waals surface area contributed by atoms with Gasteiger partial charge in [0, 0.05) is 26.5 Å². The lowest BCUT2D eigenvalue weighted by Gasteiger charge is -2.19. The molecule has 0 aromatic carbocycles. The Morgan fingerprint density at radius 1 is 1.24 bits per heavy atom. The number of amides is 1. The molecule has 21 heavy (non-hydrogen) atoms. The normalized spacial score (nSPS) is 11.7. The van der Waals surface area contributed by atoms with Crippen molar-refractivity contribution in [2.24, 2.45) is 14.1 Å². The first-order chi connectivity index (χ1) is 9.60. The summed E-state index contributed by atoms with van der Waals surface area (Å²) in [6.45, 7) is 5.19. The second-order valence-electron chi connectivity index (χ2n) is 5.90. The maximum Gasteiger partial charge on any atom is 0.412 e. The standard InChI is InChI=1S/C14H18FN3O3/c1-14(2,3)21-13(20)16-9-7-17(4)11-8(15)6-18(5)12(19)10(9)11/h6-7H,1-5H3,(H,16,20). The molecular formula is C14H18FN3O3. The van der Waals surface area contributed by atoms with E-state index in [1.54, 1.807) is 27.8 Å². The van der Waals surface area contributed by atoms with Crippen molar-refractivity contribution in [2.75, 3.05) is 5.32 Å². The number of nitrogens with zero attached hydrogens (tertiary/aromatic N) is 2. The van der Waals surface area contributed by atoms with Gasteiger partial charge in [0.15, 0.2) is 5.82 Å².